The average Bonchev–Trinajstić information content (AvgIpc) is 2.45. The second-order valence-electron chi connectivity index (χ2n) is 4.70. The van der Waals surface area contributed by atoms with Crippen molar-refractivity contribution < 1.29 is 27.8 Å². The second-order valence-corrected chi connectivity index (χ2v) is 4.70. The molecule has 0 saturated carbocycles. The molecule has 2 rings (SSSR count). The first kappa shape index (κ1) is 15.3. The number of alkyl halides is 3. The summed E-state index contributed by atoms with van der Waals surface area (Å²) in [5, 5.41) is 9.38. The Hall–Kier alpha value is -1.11. The normalized spacial score (nSPS) is 19.0. The lowest BCUT2D eigenvalue weighted by atomic mass is 10.0. The zero-order valence-electron chi connectivity index (χ0n) is 10.9. The third-order valence-corrected chi connectivity index (χ3v) is 3.30. The fourth-order valence-corrected chi connectivity index (χ4v) is 2.29. The van der Waals surface area contributed by atoms with Gasteiger partial charge in [0.15, 0.2) is 0 Å². The number of ether oxygens (including phenoxy) is 2. The van der Waals surface area contributed by atoms with Crippen molar-refractivity contribution >= 4 is 0 Å². The van der Waals surface area contributed by atoms with Gasteiger partial charge in [-0.25, -0.2) is 0 Å². The molecule has 20 heavy (non-hydrogen) atoms. The molecule has 1 aromatic rings. The number of rotatable bonds is 4. The molecule has 0 spiro atoms. The summed E-state index contributed by atoms with van der Waals surface area (Å²) in [5.74, 6) is 0. The van der Waals surface area contributed by atoms with Crippen molar-refractivity contribution in [1.29, 1.82) is 0 Å². The van der Waals surface area contributed by atoms with Gasteiger partial charge in [-0.3, -0.25) is 0 Å². The summed E-state index contributed by atoms with van der Waals surface area (Å²) >= 11 is 0. The summed E-state index contributed by atoms with van der Waals surface area (Å²) in [6, 6.07) is 5.20. The Labute approximate surface area is 115 Å². The van der Waals surface area contributed by atoms with Gasteiger partial charge in [-0.2, -0.15) is 13.2 Å². The van der Waals surface area contributed by atoms with Crippen molar-refractivity contribution in [3.8, 4) is 0 Å². The number of halogens is 3. The van der Waals surface area contributed by atoms with E-state index in [0.717, 1.165) is 6.07 Å². The molecule has 1 unspecified atom stereocenters. The van der Waals surface area contributed by atoms with Gasteiger partial charge in [0.05, 0.1) is 18.3 Å². The molecule has 1 atom stereocenters. The first-order chi connectivity index (χ1) is 9.52. The van der Waals surface area contributed by atoms with Gasteiger partial charge in [0, 0.05) is 13.2 Å². The molecule has 1 aliphatic heterocycles. The summed E-state index contributed by atoms with van der Waals surface area (Å²) in [7, 11) is 0. The Morgan fingerprint density at radius 1 is 1.25 bits per heavy atom. The third-order valence-electron chi connectivity index (χ3n) is 3.30. The maximum Gasteiger partial charge on any atom is 0.416 e. The SMILES string of the molecule is OCC(OC1CCOCC1)c1ccccc1C(F)(F)F. The lowest BCUT2D eigenvalue weighted by molar-refractivity contribution is -0.141. The van der Waals surface area contributed by atoms with Crippen LogP contribution in [0.25, 0.3) is 0 Å². The van der Waals surface area contributed by atoms with Gasteiger partial charge in [-0.05, 0) is 24.5 Å². The molecule has 0 aliphatic carbocycles. The number of aliphatic hydroxyl groups excluding tert-OH is 1. The van der Waals surface area contributed by atoms with Gasteiger partial charge in [0.2, 0.25) is 0 Å². The van der Waals surface area contributed by atoms with Crippen molar-refractivity contribution in [2.45, 2.75) is 31.2 Å². The van der Waals surface area contributed by atoms with Crippen LogP contribution >= 0.6 is 0 Å². The quantitative estimate of drug-likeness (QED) is 0.926. The van der Waals surface area contributed by atoms with Crippen LogP contribution in [0.3, 0.4) is 0 Å². The molecule has 1 N–H and O–H groups in total. The minimum atomic E-state index is -4.46. The van der Waals surface area contributed by atoms with Crippen LogP contribution < -0.4 is 0 Å². The van der Waals surface area contributed by atoms with Crippen LogP contribution in [0, 0.1) is 0 Å². The minimum absolute atomic E-state index is 0.0195. The van der Waals surface area contributed by atoms with Crippen LogP contribution in [0.2, 0.25) is 0 Å². The van der Waals surface area contributed by atoms with Gasteiger partial charge in [-0.1, -0.05) is 18.2 Å². The van der Waals surface area contributed by atoms with E-state index in [1.807, 2.05) is 0 Å². The summed E-state index contributed by atoms with van der Waals surface area (Å²) in [6.07, 6.45) is -4.34. The van der Waals surface area contributed by atoms with Gasteiger partial charge >= 0.3 is 6.18 Å². The largest absolute Gasteiger partial charge is 0.416 e. The third kappa shape index (κ3) is 3.71. The maximum atomic E-state index is 13.0. The van der Waals surface area contributed by atoms with Crippen LogP contribution in [0.1, 0.15) is 30.1 Å². The summed E-state index contributed by atoms with van der Waals surface area (Å²) < 4.78 is 49.7. The van der Waals surface area contributed by atoms with Gasteiger partial charge < -0.3 is 14.6 Å². The lowest BCUT2D eigenvalue weighted by Crippen LogP contribution is -2.27. The van der Waals surface area contributed by atoms with Crippen LogP contribution in [-0.2, 0) is 15.7 Å². The zero-order chi connectivity index (χ0) is 14.6. The highest BCUT2D eigenvalue weighted by molar-refractivity contribution is 5.31. The van der Waals surface area contributed by atoms with Crippen molar-refractivity contribution in [2.75, 3.05) is 19.8 Å². The van der Waals surface area contributed by atoms with E-state index in [-0.39, 0.29) is 11.7 Å². The topological polar surface area (TPSA) is 38.7 Å². The van der Waals surface area contributed by atoms with E-state index in [4.69, 9.17) is 9.47 Å². The van der Waals surface area contributed by atoms with Gasteiger partial charge in [0.25, 0.3) is 0 Å². The highest BCUT2D eigenvalue weighted by Gasteiger charge is 2.35. The van der Waals surface area contributed by atoms with Crippen LogP contribution in [0.4, 0.5) is 13.2 Å². The summed E-state index contributed by atoms with van der Waals surface area (Å²) in [4.78, 5) is 0. The van der Waals surface area contributed by atoms with Gasteiger partial charge in [-0.15, -0.1) is 0 Å². The Bertz CT molecular complexity index is 428. The van der Waals surface area contributed by atoms with Gasteiger partial charge in [0.1, 0.15) is 6.10 Å². The maximum absolute atomic E-state index is 13.0. The van der Waals surface area contributed by atoms with E-state index in [9.17, 15) is 18.3 Å². The molecule has 0 aromatic heterocycles. The van der Waals surface area contributed by atoms with E-state index in [2.05, 4.69) is 0 Å². The Morgan fingerprint density at radius 3 is 2.50 bits per heavy atom. The monoisotopic (exact) mass is 290 g/mol. The Kier molecular flexibility index (Phi) is 5.01. The number of hydrogen-bond acceptors (Lipinski definition) is 3. The number of benzene rings is 1. The first-order valence-electron chi connectivity index (χ1n) is 6.52. The van der Waals surface area contributed by atoms with Crippen molar-refractivity contribution in [3.63, 3.8) is 0 Å². The molecule has 0 radical (unpaired) electrons. The first-order valence-corrected chi connectivity index (χ1v) is 6.52. The number of hydrogen-bond donors (Lipinski definition) is 1. The van der Waals surface area contributed by atoms with Crippen LogP contribution in [0.15, 0.2) is 24.3 Å². The molecular weight excluding hydrogens is 273 g/mol. The van der Waals surface area contributed by atoms with Crippen molar-refractivity contribution in [1.82, 2.24) is 0 Å². The molecule has 6 heteroatoms. The molecule has 1 saturated heterocycles. The molecule has 0 amide bonds. The molecule has 1 heterocycles. The summed E-state index contributed by atoms with van der Waals surface area (Å²) in [6.45, 7) is 0.581. The predicted octanol–water partition coefficient (Wildman–Crippen LogP) is 2.93. The van der Waals surface area contributed by atoms with E-state index >= 15 is 0 Å². The van der Waals surface area contributed by atoms with E-state index < -0.39 is 24.5 Å². The van der Waals surface area contributed by atoms with Crippen LogP contribution in [-0.4, -0.2) is 31.0 Å². The standard InChI is InChI=1S/C14H17F3O3/c15-14(16,17)12-4-2-1-3-11(12)13(9-18)20-10-5-7-19-8-6-10/h1-4,10,13,18H,5-9H2. The van der Waals surface area contributed by atoms with E-state index in [1.165, 1.54) is 18.2 Å². The molecule has 0 bridgehead atoms. The Morgan fingerprint density at radius 2 is 1.90 bits per heavy atom. The molecule has 1 fully saturated rings. The smallest absolute Gasteiger partial charge is 0.393 e. The van der Waals surface area contributed by atoms with Crippen molar-refractivity contribution in [3.05, 3.63) is 35.4 Å². The predicted molar refractivity (Wildman–Crippen MR) is 66.2 cm³/mol. The zero-order valence-corrected chi connectivity index (χ0v) is 10.9. The van der Waals surface area contributed by atoms with E-state index in [0.29, 0.717) is 26.1 Å². The molecule has 112 valence electrons. The molecule has 1 aliphatic rings. The van der Waals surface area contributed by atoms with Crippen molar-refractivity contribution in [2.24, 2.45) is 0 Å². The number of aliphatic hydroxyl groups is 1. The fourth-order valence-electron chi connectivity index (χ4n) is 2.29. The lowest BCUT2D eigenvalue weighted by Gasteiger charge is -2.28. The average molecular weight is 290 g/mol. The van der Waals surface area contributed by atoms with Crippen LogP contribution in [0.5, 0.6) is 0 Å². The van der Waals surface area contributed by atoms with E-state index in [1.54, 1.807) is 0 Å². The molecular formula is C14H17F3O3. The fraction of sp³-hybridized carbons (Fsp3) is 0.571. The highest BCUT2D eigenvalue weighted by atomic mass is 19.4. The molecule has 1 aromatic carbocycles. The highest BCUT2D eigenvalue weighted by Crippen LogP contribution is 2.36. The molecule has 3 nitrogen and oxygen atoms in total. The Balaban J connectivity index is 2.18. The summed E-state index contributed by atoms with van der Waals surface area (Å²) in [5.41, 5.74) is -0.778. The second kappa shape index (κ2) is 6.56. The minimum Gasteiger partial charge on any atom is -0.393 e.